The van der Waals surface area contributed by atoms with Gasteiger partial charge in [-0.2, -0.15) is 5.10 Å². The van der Waals surface area contributed by atoms with Crippen molar-refractivity contribution < 1.29 is 9.59 Å². The molecule has 0 aliphatic carbocycles. The Kier molecular flexibility index (Phi) is 4.91. The number of hydrogen-bond acceptors (Lipinski definition) is 3. The second-order valence-electron chi connectivity index (χ2n) is 7.42. The van der Waals surface area contributed by atoms with Gasteiger partial charge in [-0.1, -0.05) is 11.6 Å². The van der Waals surface area contributed by atoms with Gasteiger partial charge in [-0.05, 0) is 43.2 Å². The standard InChI is InChI=1S/C20H23ClN4O2/c1-23-10-8-18(22-23)14-3-2-9-24(12-14)20(27)15-11-19(26)25(13-15)17-6-4-16(21)5-7-17/h4-8,10,14-15H,2-3,9,11-13H2,1H3. The number of likely N-dealkylation sites (tertiary alicyclic amines) is 1. The van der Waals surface area contributed by atoms with Crippen molar-refractivity contribution in [2.45, 2.75) is 25.2 Å². The maximum absolute atomic E-state index is 13.1. The first-order valence-corrected chi connectivity index (χ1v) is 9.73. The van der Waals surface area contributed by atoms with Crippen molar-refractivity contribution in [1.82, 2.24) is 14.7 Å². The molecule has 0 saturated carbocycles. The molecule has 1 aromatic carbocycles. The smallest absolute Gasteiger partial charge is 0.228 e. The van der Waals surface area contributed by atoms with Crippen LogP contribution in [0.1, 0.15) is 30.9 Å². The van der Waals surface area contributed by atoms with Crippen LogP contribution >= 0.6 is 11.6 Å². The van der Waals surface area contributed by atoms with E-state index in [1.165, 1.54) is 0 Å². The number of benzene rings is 1. The lowest BCUT2D eigenvalue weighted by Gasteiger charge is -2.33. The molecule has 2 atom stereocenters. The second kappa shape index (κ2) is 7.35. The lowest BCUT2D eigenvalue weighted by molar-refractivity contribution is -0.137. The van der Waals surface area contributed by atoms with E-state index in [4.69, 9.17) is 11.6 Å². The first kappa shape index (κ1) is 18.0. The fraction of sp³-hybridized carbons (Fsp3) is 0.450. The summed E-state index contributed by atoms with van der Waals surface area (Å²) in [5.41, 5.74) is 1.84. The molecule has 2 unspecified atom stereocenters. The van der Waals surface area contributed by atoms with E-state index in [9.17, 15) is 9.59 Å². The molecule has 0 spiro atoms. The van der Waals surface area contributed by atoms with E-state index in [0.29, 0.717) is 18.1 Å². The second-order valence-corrected chi connectivity index (χ2v) is 7.86. The van der Waals surface area contributed by atoms with E-state index in [1.807, 2.05) is 36.3 Å². The molecule has 142 valence electrons. The van der Waals surface area contributed by atoms with Gasteiger partial charge in [0.25, 0.3) is 0 Å². The average molecular weight is 387 g/mol. The Labute approximate surface area is 163 Å². The van der Waals surface area contributed by atoms with Crippen LogP contribution in [0.3, 0.4) is 0 Å². The predicted molar refractivity (Wildman–Crippen MR) is 104 cm³/mol. The van der Waals surface area contributed by atoms with Crippen LogP contribution in [-0.2, 0) is 16.6 Å². The summed E-state index contributed by atoms with van der Waals surface area (Å²) in [6.45, 7) is 1.87. The molecule has 1 aromatic heterocycles. The maximum atomic E-state index is 13.1. The van der Waals surface area contributed by atoms with Crippen LogP contribution in [0.4, 0.5) is 5.69 Å². The number of nitrogens with zero attached hydrogens (tertiary/aromatic N) is 4. The van der Waals surface area contributed by atoms with E-state index >= 15 is 0 Å². The minimum absolute atomic E-state index is 0.00559. The van der Waals surface area contributed by atoms with Crippen molar-refractivity contribution in [3.05, 3.63) is 47.2 Å². The van der Waals surface area contributed by atoms with Crippen molar-refractivity contribution in [2.24, 2.45) is 13.0 Å². The molecule has 0 bridgehead atoms. The highest BCUT2D eigenvalue weighted by molar-refractivity contribution is 6.30. The van der Waals surface area contributed by atoms with Gasteiger partial charge in [-0.3, -0.25) is 14.3 Å². The molecule has 6 nitrogen and oxygen atoms in total. The highest BCUT2D eigenvalue weighted by Gasteiger charge is 2.38. The molecule has 2 aromatic rings. The van der Waals surface area contributed by atoms with E-state index in [-0.39, 0.29) is 30.1 Å². The third-order valence-corrected chi connectivity index (χ3v) is 5.75. The summed E-state index contributed by atoms with van der Waals surface area (Å²) in [5.74, 6) is 0.0680. The van der Waals surface area contributed by atoms with E-state index in [1.54, 1.807) is 21.7 Å². The number of aromatic nitrogens is 2. The quantitative estimate of drug-likeness (QED) is 0.815. The predicted octanol–water partition coefficient (Wildman–Crippen LogP) is 2.83. The van der Waals surface area contributed by atoms with Gasteiger partial charge >= 0.3 is 0 Å². The Morgan fingerprint density at radius 2 is 1.96 bits per heavy atom. The van der Waals surface area contributed by atoms with E-state index < -0.39 is 0 Å². The number of carbonyl (C=O) groups is 2. The zero-order valence-electron chi connectivity index (χ0n) is 15.3. The first-order valence-electron chi connectivity index (χ1n) is 9.35. The molecule has 2 aliphatic heterocycles. The van der Waals surface area contributed by atoms with Crippen LogP contribution in [0.5, 0.6) is 0 Å². The van der Waals surface area contributed by atoms with Gasteiger partial charge in [0.1, 0.15) is 0 Å². The Hall–Kier alpha value is -2.34. The van der Waals surface area contributed by atoms with Gasteiger partial charge < -0.3 is 9.80 Å². The van der Waals surface area contributed by atoms with Crippen molar-refractivity contribution in [1.29, 1.82) is 0 Å². The lowest BCUT2D eigenvalue weighted by atomic mass is 9.93. The molecule has 2 aliphatic rings. The summed E-state index contributed by atoms with van der Waals surface area (Å²) in [5, 5.41) is 5.13. The Morgan fingerprint density at radius 1 is 1.19 bits per heavy atom. The highest BCUT2D eigenvalue weighted by atomic mass is 35.5. The fourth-order valence-corrected chi connectivity index (χ4v) is 4.20. The summed E-state index contributed by atoms with van der Waals surface area (Å²) >= 11 is 5.93. The third-order valence-electron chi connectivity index (χ3n) is 5.50. The number of aryl methyl sites for hydroxylation is 1. The number of hydrogen-bond donors (Lipinski definition) is 0. The molecule has 2 fully saturated rings. The number of amides is 2. The van der Waals surface area contributed by atoms with Gasteiger partial charge in [0.15, 0.2) is 0 Å². The number of carbonyl (C=O) groups excluding carboxylic acids is 2. The summed E-state index contributed by atoms with van der Waals surface area (Å²) < 4.78 is 1.80. The average Bonchev–Trinajstić information content (AvgIpc) is 3.28. The van der Waals surface area contributed by atoms with Crippen LogP contribution in [0.2, 0.25) is 5.02 Å². The Morgan fingerprint density at radius 3 is 2.67 bits per heavy atom. The molecule has 2 amide bonds. The van der Waals surface area contributed by atoms with Crippen LogP contribution < -0.4 is 4.90 Å². The van der Waals surface area contributed by atoms with Crippen molar-refractivity contribution in [3.8, 4) is 0 Å². The zero-order chi connectivity index (χ0) is 19.0. The van der Waals surface area contributed by atoms with Crippen LogP contribution in [-0.4, -0.2) is 46.1 Å². The van der Waals surface area contributed by atoms with Gasteiger partial charge in [-0.15, -0.1) is 0 Å². The lowest BCUT2D eigenvalue weighted by Crippen LogP contribution is -2.43. The minimum atomic E-state index is -0.282. The van der Waals surface area contributed by atoms with Gasteiger partial charge in [0.2, 0.25) is 11.8 Å². The first-order chi connectivity index (χ1) is 13.0. The SMILES string of the molecule is Cn1ccc(C2CCCN(C(=O)C3CC(=O)N(c4ccc(Cl)cc4)C3)C2)n1. The third kappa shape index (κ3) is 3.72. The zero-order valence-corrected chi connectivity index (χ0v) is 16.1. The highest BCUT2D eigenvalue weighted by Crippen LogP contribution is 2.30. The van der Waals surface area contributed by atoms with Crippen molar-refractivity contribution in [2.75, 3.05) is 24.5 Å². The summed E-state index contributed by atoms with van der Waals surface area (Å²) in [6, 6.07) is 9.21. The largest absolute Gasteiger partial charge is 0.342 e. The van der Waals surface area contributed by atoms with E-state index in [0.717, 1.165) is 30.8 Å². The molecular formula is C20H23ClN4O2. The summed E-state index contributed by atoms with van der Waals surface area (Å²) in [7, 11) is 1.91. The van der Waals surface area contributed by atoms with Crippen molar-refractivity contribution >= 4 is 29.1 Å². The molecular weight excluding hydrogens is 364 g/mol. The molecule has 2 saturated heterocycles. The molecule has 27 heavy (non-hydrogen) atoms. The molecule has 3 heterocycles. The number of rotatable bonds is 3. The normalized spacial score (nSPS) is 23.1. The van der Waals surface area contributed by atoms with Crippen molar-refractivity contribution in [3.63, 3.8) is 0 Å². The van der Waals surface area contributed by atoms with Crippen LogP contribution in [0.15, 0.2) is 36.5 Å². The number of piperidine rings is 1. The van der Waals surface area contributed by atoms with Gasteiger partial charge in [0, 0.05) is 55.9 Å². The number of anilines is 1. The summed E-state index contributed by atoms with van der Waals surface area (Å²) in [6.07, 6.45) is 4.22. The Bertz CT molecular complexity index is 848. The van der Waals surface area contributed by atoms with E-state index in [2.05, 4.69) is 5.10 Å². The summed E-state index contributed by atoms with van der Waals surface area (Å²) in [4.78, 5) is 29.1. The topological polar surface area (TPSA) is 58.4 Å². The molecule has 7 heteroatoms. The molecule has 4 rings (SSSR count). The number of halogens is 1. The monoisotopic (exact) mass is 386 g/mol. The minimum Gasteiger partial charge on any atom is -0.342 e. The fourth-order valence-electron chi connectivity index (χ4n) is 4.07. The van der Waals surface area contributed by atoms with Gasteiger partial charge in [0.05, 0.1) is 11.6 Å². The van der Waals surface area contributed by atoms with Crippen LogP contribution in [0.25, 0.3) is 0 Å². The molecule has 0 N–H and O–H groups in total. The molecule has 0 radical (unpaired) electrons. The van der Waals surface area contributed by atoms with Crippen LogP contribution in [0, 0.1) is 5.92 Å². The Balaban J connectivity index is 1.43. The van der Waals surface area contributed by atoms with Gasteiger partial charge in [-0.25, -0.2) is 0 Å². The maximum Gasteiger partial charge on any atom is 0.228 e.